The lowest BCUT2D eigenvalue weighted by molar-refractivity contribution is 0.229. The molecule has 102 valence electrons. The number of aryl methyl sites for hydroxylation is 1. The zero-order valence-electron chi connectivity index (χ0n) is 11.7. The second-order valence-electron chi connectivity index (χ2n) is 5.00. The highest BCUT2D eigenvalue weighted by atomic mass is 16.5. The maximum Gasteiger partial charge on any atom is 0.232 e. The third kappa shape index (κ3) is 2.34. The molecule has 3 rings (SSSR count). The summed E-state index contributed by atoms with van der Waals surface area (Å²) in [5.41, 5.74) is 2.90. The summed E-state index contributed by atoms with van der Waals surface area (Å²) in [6, 6.07) is 11.8. The van der Waals surface area contributed by atoms with E-state index in [1.807, 2.05) is 50.2 Å². The Balaban J connectivity index is 2.09. The summed E-state index contributed by atoms with van der Waals surface area (Å²) in [6.45, 7) is 6.00. The number of nitrogens with zero attached hydrogens (tertiary/aromatic N) is 4. The van der Waals surface area contributed by atoms with Crippen LogP contribution in [0.2, 0.25) is 0 Å². The van der Waals surface area contributed by atoms with Gasteiger partial charge >= 0.3 is 0 Å². The van der Waals surface area contributed by atoms with E-state index in [-0.39, 0.29) is 6.10 Å². The molecule has 0 bridgehead atoms. The summed E-state index contributed by atoms with van der Waals surface area (Å²) in [4.78, 5) is 0. The largest absolute Gasteiger partial charge is 0.474 e. The van der Waals surface area contributed by atoms with Crippen molar-refractivity contribution in [3.8, 4) is 17.3 Å². The van der Waals surface area contributed by atoms with Crippen molar-refractivity contribution in [2.75, 3.05) is 0 Å². The number of hydrogen-bond acceptors (Lipinski definition) is 4. The number of fused-ring (bicyclic) bond motifs is 1. The quantitative estimate of drug-likeness (QED) is 0.733. The topological polar surface area (TPSA) is 52.3 Å². The highest BCUT2D eigenvalue weighted by Crippen LogP contribution is 2.19. The number of aromatic nitrogens is 4. The number of ether oxygens (including phenoxy) is 1. The van der Waals surface area contributed by atoms with Crippen molar-refractivity contribution in [3.05, 3.63) is 42.0 Å². The molecule has 0 N–H and O–H groups in total. The predicted molar refractivity (Wildman–Crippen MR) is 76.7 cm³/mol. The molecule has 5 heteroatoms. The monoisotopic (exact) mass is 268 g/mol. The Hall–Kier alpha value is -2.43. The zero-order chi connectivity index (χ0) is 14.1. The van der Waals surface area contributed by atoms with Gasteiger partial charge in [-0.2, -0.15) is 4.52 Å². The molecule has 0 aliphatic heterocycles. The highest BCUT2D eigenvalue weighted by Gasteiger charge is 2.10. The van der Waals surface area contributed by atoms with Crippen molar-refractivity contribution < 1.29 is 4.74 Å². The van der Waals surface area contributed by atoms with Crippen LogP contribution in [0.3, 0.4) is 0 Å². The predicted octanol–water partition coefficient (Wildman–Crippen LogP) is 2.89. The summed E-state index contributed by atoms with van der Waals surface area (Å²) in [7, 11) is 0. The number of hydrogen-bond donors (Lipinski definition) is 0. The van der Waals surface area contributed by atoms with E-state index in [0.29, 0.717) is 17.4 Å². The first-order valence-electron chi connectivity index (χ1n) is 6.59. The molecule has 0 saturated heterocycles. The molecule has 0 amide bonds. The van der Waals surface area contributed by atoms with Crippen molar-refractivity contribution in [1.29, 1.82) is 0 Å². The Kier molecular flexibility index (Phi) is 3.10. The van der Waals surface area contributed by atoms with Gasteiger partial charge in [-0.3, -0.25) is 0 Å². The van der Waals surface area contributed by atoms with E-state index in [9.17, 15) is 0 Å². The van der Waals surface area contributed by atoms with Gasteiger partial charge in [0.25, 0.3) is 0 Å². The molecule has 0 atom stereocenters. The molecule has 0 aliphatic carbocycles. The fraction of sp³-hybridized carbons (Fsp3) is 0.267. The van der Waals surface area contributed by atoms with Gasteiger partial charge in [-0.1, -0.05) is 29.8 Å². The minimum Gasteiger partial charge on any atom is -0.474 e. The van der Waals surface area contributed by atoms with E-state index in [4.69, 9.17) is 4.74 Å². The lowest BCUT2D eigenvalue weighted by atomic mass is 10.1. The van der Waals surface area contributed by atoms with Gasteiger partial charge in [-0.25, -0.2) is 0 Å². The number of rotatable bonds is 3. The fourth-order valence-corrected chi connectivity index (χ4v) is 1.96. The second kappa shape index (κ2) is 4.92. The number of benzene rings is 1. The van der Waals surface area contributed by atoms with Crippen LogP contribution in [0, 0.1) is 6.92 Å². The van der Waals surface area contributed by atoms with Crippen LogP contribution >= 0.6 is 0 Å². The van der Waals surface area contributed by atoms with Crippen LogP contribution in [0.15, 0.2) is 36.4 Å². The average Bonchev–Trinajstić information content (AvgIpc) is 2.82. The Morgan fingerprint density at radius 3 is 2.45 bits per heavy atom. The third-order valence-electron chi connectivity index (χ3n) is 2.90. The first kappa shape index (κ1) is 12.6. The molecule has 0 fully saturated rings. The van der Waals surface area contributed by atoms with Gasteiger partial charge in [0.15, 0.2) is 11.5 Å². The summed E-state index contributed by atoms with van der Waals surface area (Å²) in [5.74, 6) is 1.29. The molecule has 20 heavy (non-hydrogen) atoms. The van der Waals surface area contributed by atoms with E-state index in [1.165, 1.54) is 5.56 Å². The fourth-order valence-electron chi connectivity index (χ4n) is 1.96. The van der Waals surface area contributed by atoms with Crippen molar-refractivity contribution in [2.24, 2.45) is 0 Å². The molecular weight excluding hydrogens is 252 g/mol. The standard InChI is InChI=1S/C15H16N4O/c1-10(2)20-14-9-8-13-16-17-15(19(13)18-14)12-6-4-11(3)5-7-12/h4-10H,1-3H3. The third-order valence-corrected chi connectivity index (χ3v) is 2.90. The zero-order valence-corrected chi connectivity index (χ0v) is 11.7. The SMILES string of the molecule is Cc1ccc(-c2nnc3ccc(OC(C)C)nn23)cc1. The van der Waals surface area contributed by atoms with E-state index in [0.717, 1.165) is 5.56 Å². The lowest BCUT2D eigenvalue weighted by Gasteiger charge is -2.08. The summed E-state index contributed by atoms with van der Waals surface area (Å²) in [6.07, 6.45) is 0.0826. The van der Waals surface area contributed by atoms with Gasteiger partial charge in [-0.05, 0) is 26.8 Å². The van der Waals surface area contributed by atoms with Crippen LogP contribution < -0.4 is 4.74 Å². The van der Waals surface area contributed by atoms with Crippen LogP contribution in [-0.2, 0) is 0 Å². The molecule has 0 radical (unpaired) electrons. The molecule has 1 aromatic carbocycles. The molecule has 3 aromatic rings. The van der Waals surface area contributed by atoms with Crippen LogP contribution in [0.1, 0.15) is 19.4 Å². The first-order chi connectivity index (χ1) is 9.63. The van der Waals surface area contributed by atoms with Gasteiger partial charge in [-0.15, -0.1) is 15.3 Å². The minimum atomic E-state index is 0.0826. The van der Waals surface area contributed by atoms with Crippen LogP contribution in [0.5, 0.6) is 5.88 Å². The molecule has 0 unspecified atom stereocenters. The normalized spacial score (nSPS) is 11.2. The maximum atomic E-state index is 5.61. The lowest BCUT2D eigenvalue weighted by Crippen LogP contribution is -2.08. The van der Waals surface area contributed by atoms with Gasteiger partial charge in [0, 0.05) is 11.6 Å². The van der Waals surface area contributed by atoms with Gasteiger partial charge < -0.3 is 4.74 Å². The Morgan fingerprint density at radius 1 is 1.00 bits per heavy atom. The van der Waals surface area contributed by atoms with Crippen LogP contribution in [0.4, 0.5) is 0 Å². The van der Waals surface area contributed by atoms with Crippen LogP contribution in [0.25, 0.3) is 17.0 Å². The van der Waals surface area contributed by atoms with E-state index in [2.05, 4.69) is 22.2 Å². The van der Waals surface area contributed by atoms with E-state index >= 15 is 0 Å². The van der Waals surface area contributed by atoms with Crippen molar-refractivity contribution in [1.82, 2.24) is 19.8 Å². The Labute approximate surface area is 117 Å². The van der Waals surface area contributed by atoms with Gasteiger partial charge in [0.05, 0.1) is 6.10 Å². The molecular formula is C15H16N4O. The Morgan fingerprint density at radius 2 is 1.75 bits per heavy atom. The maximum absolute atomic E-state index is 5.61. The second-order valence-corrected chi connectivity index (χ2v) is 5.00. The van der Waals surface area contributed by atoms with E-state index in [1.54, 1.807) is 4.52 Å². The summed E-state index contributed by atoms with van der Waals surface area (Å²) < 4.78 is 7.32. The highest BCUT2D eigenvalue weighted by molar-refractivity contribution is 5.59. The van der Waals surface area contributed by atoms with Gasteiger partial charge in [0.1, 0.15) is 0 Å². The van der Waals surface area contributed by atoms with Crippen molar-refractivity contribution in [3.63, 3.8) is 0 Å². The minimum absolute atomic E-state index is 0.0826. The van der Waals surface area contributed by atoms with Gasteiger partial charge in [0.2, 0.25) is 5.88 Å². The molecule has 2 aromatic heterocycles. The molecule has 2 heterocycles. The molecule has 5 nitrogen and oxygen atoms in total. The summed E-state index contributed by atoms with van der Waals surface area (Å²) >= 11 is 0. The Bertz CT molecular complexity index is 731. The van der Waals surface area contributed by atoms with Crippen molar-refractivity contribution >= 4 is 5.65 Å². The molecule has 0 aliphatic rings. The van der Waals surface area contributed by atoms with Crippen LogP contribution in [-0.4, -0.2) is 25.9 Å². The molecule has 0 spiro atoms. The average molecular weight is 268 g/mol. The first-order valence-corrected chi connectivity index (χ1v) is 6.59. The summed E-state index contributed by atoms with van der Waals surface area (Å²) in [5, 5.41) is 12.8. The van der Waals surface area contributed by atoms with Crippen molar-refractivity contribution in [2.45, 2.75) is 26.9 Å². The smallest absolute Gasteiger partial charge is 0.232 e. The molecule has 0 saturated carbocycles. The van der Waals surface area contributed by atoms with E-state index < -0.39 is 0 Å².